The molecule has 4 rings (SSSR count). The fourth-order valence-electron chi connectivity index (χ4n) is 3.60. The van der Waals surface area contributed by atoms with E-state index in [1.54, 1.807) is 12.1 Å². The standard InChI is InChI=1S/C30H26N4O7S/c35-27(41-20-22-9-5-2-6-10-22)19-33-30(38)26-16-13-24(18-31-26)29(37)34-42(39,40)25-14-11-23(12-15-25)28(36)32-17-21-7-3-1-4-8-21/h1-16,18H,17,19-20H2,(H,32,36)(H,33,38)(H,34,37). The van der Waals surface area contributed by atoms with Crippen LogP contribution in [0.25, 0.3) is 0 Å². The Kier molecular flexibility index (Phi) is 9.74. The predicted molar refractivity (Wildman–Crippen MR) is 152 cm³/mol. The lowest BCUT2D eigenvalue weighted by Gasteiger charge is -2.09. The number of sulfonamides is 1. The van der Waals surface area contributed by atoms with Crippen molar-refractivity contribution in [2.24, 2.45) is 0 Å². The highest BCUT2D eigenvalue weighted by atomic mass is 32.2. The van der Waals surface area contributed by atoms with Gasteiger partial charge in [-0.15, -0.1) is 0 Å². The molecule has 0 unspecified atom stereocenters. The Morgan fingerprint density at radius 1 is 0.667 bits per heavy atom. The summed E-state index contributed by atoms with van der Waals surface area (Å²) in [5.41, 5.74) is 1.75. The van der Waals surface area contributed by atoms with E-state index in [-0.39, 0.29) is 40.8 Å². The fourth-order valence-corrected chi connectivity index (χ4v) is 4.57. The van der Waals surface area contributed by atoms with Gasteiger partial charge in [0.1, 0.15) is 18.8 Å². The Bertz CT molecular complexity index is 1660. The SMILES string of the molecule is O=C(CNC(=O)c1ccc(C(=O)NS(=O)(=O)c2ccc(C(=O)NCc3ccccc3)cc2)cn1)OCc1ccccc1. The molecule has 11 nitrogen and oxygen atoms in total. The zero-order valence-corrected chi connectivity index (χ0v) is 23.0. The average molecular weight is 587 g/mol. The molecule has 3 amide bonds. The number of rotatable bonds is 11. The molecule has 0 aliphatic rings. The molecule has 42 heavy (non-hydrogen) atoms. The lowest BCUT2D eigenvalue weighted by atomic mass is 10.2. The normalized spacial score (nSPS) is 10.8. The van der Waals surface area contributed by atoms with E-state index in [1.165, 1.54) is 36.4 Å². The van der Waals surface area contributed by atoms with Gasteiger partial charge < -0.3 is 15.4 Å². The van der Waals surface area contributed by atoms with E-state index in [1.807, 2.05) is 53.3 Å². The number of benzene rings is 3. The number of nitrogens with one attached hydrogen (secondary N) is 3. The number of aromatic nitrogens is 1. The summed E-state index contributed by atoms with van der Waals surface area (Å²) >= 11 is 0. The molecule has 0 aliphatic heterocycles. The van der Waals surface area contributed by atoms with Crippen molar-refractivity contribution in [2.45, 2.75) is 18.0 Å². The van der Waals surface area contributed by atoms with Gasteiger partial charge in [-0.05, 0) is 47.5 Å². The quantitative estimate of drug-likeness (QED) is 0.226. The first-order valence-corrected chi connectivity index (χ1v) is 14.1. The molecule has 0 bridgehead atoms. The number of hydrogen-bond acceptors (Lipinski definition) is 8. The maximum atomic E-state index is 12.7. The average Bonchev–Trinajstić information content (AvgIpc) is 3.02. The highest BCUT2D eigenvalue weighted by Crippen LogP contribution is 2.12. The Morgan fingerprint density at radius 3 is 1.90 bits per heavy atom. The molecule has 4 aromatic rings. The third-order valence-electron chi connectivity index (χ3n) is 5.84. The van der Waals surface area contributed by atoms with Gasteiger partial charge >= 0.3 is 5.97 Å². The minimum atomic E-state index is -4.27. The first-order chi connectivity index (χ1) is 20.2. The zero-order chi connectivity index (χ0) is 30.0. The first-order valence-electron chi connectivity index (χ1n) is 12.6. The van der Waals surface area contributed by atoms with Crippen LogP contribution in [0.2, 0.25) is 0 Å². The molecule has 0 saturated heterocycles. The summed E-state index contributed by atoms with van der Waals surface area (Å²) in [6.07, 6.45) is 1.04. The van der Waals surface area contributed by atoms with Crippen LogP contribution in [0.4, 0.5) is 0 Å². The van der Waals surface area contributed by atoms with Crippen LogP contribution in [0.5, 0.6) is 0 Å². The second kappa shape index (κ2) is 13.8. The molecular weight excluding hydrogens is 560 g/mol. The third-order valence-corrected chi connectivity index (χ3v) is 7.19. The van der Waals surface area contributed by atoms with Gasteiger partial charge in [-0.1, -0.05) is 60.7 Å². The van der Waals surface area contributed by atoms with Gasteiger partial charge in [0.15, 0.2) is 0 Å². The molecule has 1 aromatic heterocycles. The van der Waals surface area contributed by atoms with Crippen LogP contribution in [-0.4, -0.2) is 43.6 Å². The summed E-state index contributed by atoms with van der Waals surface area (Å²) in [5.74, 6) is -2.68. The van der Waals surface area contributed by atoms with Crippen LogP contribution in [0, 0.1) is 0 Å². The van der Waals surface area contributed by atoms with E-state index in [9.17, 15) is 27.6 Å². The minimum absolute atomic E-state index is 0.0642. The summed E-state index contributed by atoms with van der Waals surface area (Å²) in [6.45, 7) is -0.0123. The van der Waals surface area contributed by atoms with Crippen molar-refractivity contribution >= 4 is 33.7 Å². The minimum Gasteiger partial charge on any atom is -0.460 e. The van der Waals surface area contributed by atoms with E-state index >= 15 is 0 Å². The maximum absolute atomic E-state index is 12.7. The lowest BCUT2D eigenvalue weighted by molar-refractivity contribution is -0.143. The van der Waals surface area contributed by atoms with E-state index in [0.29, 0.717) is 6.54 Å². The number of carbonyl (C=O) groups excluding carboxylic acids is 4. The van der Waals surface area contributed by atoms with Gasteiger partial charge in [0.25, 0.3) is 27.7 Å². The maximum Gasteiger partial charge on any atom is 0.325 e. The van der Waals surface area contributed by atoms with Crippen LogP contribution in [0.3, 0.4) is 0 Å². The van der Waals surface area contributed by atoms with Gasteiger partial charge in [-0.2, -0.15) is 0 Å². The molecule has 12 heteroatoms. The van der Waals surface area contributed by atoms with Crippen LogP contribution < -0.4 is 15.4 Å². The van der Waals surface area contributed by atoms with Gasteiger partial charge in [-0.3, -0.25) is 24.2 Å². The van der Waals surface area contributed by atoms with Gasteiger partial charge in [-0.25, -0.2) is 13.1 Å². The predicted octanol–water partition coefficient (Wildman–Crippen LogP) is 2.60. The zero-order valence-electron chi connectivity index (χ0n) is 22.1. The van der Waals surface area contributed by atoms with Gasteiger partial charge in [0, 0.05) is 18.3 Å². The number of esters is 1. The number of hydrogen-bond donors (Lipinski definition) is 3. The number of pyridine rings is 1. The number of nitrogens with zero attached hydrogens (tertiary/aromatic N) is 1. The lowest BCUT2D eigenvalue weighted by Crippen LogP contribution is -2.32. The molecule has 3 N–H and O–H groups in total. The highest BCUT2D eigenvalue weighted by molar-refractivity contribution is 7.90. The second-order valence-corrected chi connectivity index (χ2v) is 10.6. The second-order valence-electron chi connectivity index (χ2n) is 8.89. The molecule has 3 aromatic carbocycles. The van der Waals surface area contributed by atoms with Crippen molar-refractivity contribution < 1.29 is 32.3 Å². The molecule has 0 saturated carbocycles. The van der Waals surface area contributed by atoms with Crippen molar-refractivity contribution in [2.75, 3.05) is 6.54 Å². The van der Waals surface area contributed by atoms with Crippen LogP contribution in [0.1, 0.15) is 42.3 Å². The highest BCUT2D eigenvalue weighted by Gasteiger charge is 2.20. The summed E-state index contributed by atoms with van der Waals surface area (Å²) in [6, 6.07) is 25.9. The monoisotopic (exact) mass is 586 g/mol. The summed E-state index contributed by atoms with van der Waals surface area (Å²) < 4.78 is 32.5. The molecule has 0 spiro atoms. The Hall–Kier alpha value is -5.36. The molecular formula is C30H26N4O7S. The molecule has 0 radical (unpaired) electrons. The largest absolute Gasteiger partial charge is 0.460 e. The number of carbonyl (C=O) groups is 4. The van der Waals surface area contributed by atoms with Crippen molar-refractivity contribution in [3.63, 3.8) is 0 Å². The van der Waals surface area contributed by atoms with E-state index in [2.05, 4.69) is 15.6 Å². The van der Waals surface area contributed by atoms with E-state index < -0.39 is 27.8 Å². The van der Waals surface area contributed by atoms with E-state index in [4.69, 9.17) is 4.74 Å². The smallest absolute Gasteiger partial charge is 0.325 e. The molecule has 0 fully saturated rings. The molecule has 1 heterocycles. The number of amides is 3. The third kappa shape index (κ3) is 8.32. The topological polar surface area (TPSA) is 161 Å². The van der Waals surface area contributed by atoms with Crippen LogP contribution in [-0.2, 0) is 32.7 Å². The van der Waals surface area contributed by atoms with Gasteiger partial charge in [0.05, 0.1) is 10.5 Å². The van der Waals surface area contributed by atoms with Crippen molar-refractivity contribution in [1.29, 1.82) is 0 Å². The number of ether oxygens (including phenoxy) is 1. The summed E-state index contributed by atoms with van der Waals surface area (Å²) in [5, 5.41) is 5.12. The summed E-state index contributed by atoms with van der Waals surface area (Å²) in [4.78, 5) is 52.8. The Morgan fingerprint density at radius 2 is 1.29 bits per heavy atom. The first kappa shape index (κ1) is 29.6. The Labute approximate surface area is 242 Å². The van der Waals surface area contributed by atoms with E-state index in [0.717, 1.165) is 17.3 Å². The van der Waals surface area contributed by atoms with Crippen molar-refractivity contribution in [3.05, 3.63) is 131 Å². The molecule has 0 aliphatic carbocycles. The molecule has 0 atom stereocenters. The van der Waals surface area contributed by atoms with Gasteiger partial charge in [0.2, 0.25) is 0 Å². The Balaban J connectivity index is 1.27. The van der Waals surface area contributed by atoms with Crippen molar-refractivity contribution in [3.8, 4) is 0 Å². The summed E-state index contributed by atoms with van der Waals surface area (Å²) in [7, 11) is -4.27. The van der Waals surface area contributed by atoms with Crippen LogP contribution >= 0.6 is 0 Å². The molecule has 214 valence electrons. The fraction of sp³-hybridized carbons (Fsp3) is 0.100. The van der Waals surface area contributed by atoms with Crippen LogP contribution in [0.15, 0.2) is 108 Å². The van der Waals surface area contributed by atoms with Crippen molar-refractivity contribution in [1.82, 2.24) is 20.3 Å².